The van der Waals surface area contributed by atoms with E-state index in [1.165, 1.54) is 0 Å². The Morgan fingerprint density at radius 1 is 1.39 bits per heavy atom. The molecule has 0 radical (unpaired) electrons. The number of ether oxygens (including phenoxy) is 1. The summed E-state index contributed by atoms with van der Waals surface area (Å²) < 4.78 is 19.3. The summed E-state index contributed by atoms with van der Waals surface area (Å²) in [5.41, 5.74) is 9.80. The molecule has 0 saturated carbocycles. The van der Waals surface area contributed by atoms with Crippen molar-refractivity contribution in [3.8, 4) is 11.1 Å². The van der Waals surface area contributed by atoms with Crippen LogP contribution in [0.3, 0.4) is 0 Å². The van der Waals surface area contributed by atoms with Gasteiger partial charge in [0.05, 0.1) is 18.7 Å². The van der Waals surface area contributed by atoms with Crippen molar-refractivity contribution in [1.29, 1.82) is 0 Å². The molecule has 9 heteroatoms. The number of H-pyrrole nitrogens is 1. The number of halogens is 2. The molecule has 3 atom stereocenters. The molecule has 1 fully saturated rings. The minimum atomic E-state index is -1.08. The van der Waals surface area contributed by atoms with Crippen LogP contribution < -0.4 is 16.4 Å². The van der Waals surface area contributed by atoms with Crippen LogP contribution in [0.5, 0.6) is 0 Å². The second-order valence-electron chi connectivity index (χ2n) is 8.13. The number of nitrogens with zero attached hydrogens (tertiary/aromatic N) is 1. The summed E-state index contributed by atoms with van der Waals surface area (Å²) in [7, 11) is 0. The second kappa shape index (κ2) is 10.3. The lowest BCUT2D eigenvalue weighted by atomic mass is 10.0. The summed E-state index contributed by atoms with van der Waals surface area (Å²) >= 11 is 6.07. The Morgan fingerprint density at radius 3 is 3.00 bits per heavy atom. The molecule has 0 bridgehead atoms. The number of alkyl halides is 1. The first-order valence-corrected chi connectivity index (χ1v) is 11.2. The Kier molecular flexibility index (Phi) is 7.27. The van der Waals surface area contributed by atoms with E-state index in [0.717, 1.165) is 22.3 Å². The number of rotatable bonds is 7. The van der Waals surface area contributed by atoms with Gasteiger partial charge in [0, 0.05) is 36.1 Å². The smallest absolute Gasteiger partial charge is 0.268 e. The number of aryl methyl sites for hydroxylation is 1. The third-order valence-corrected chi connectivity index (χ3v) is 5.99. The Balaban J connectivity index is 1.49. The van der Waals surface area contributed by atoms with Crippen molar-refractivity contribution in [3.05, 3.63) is 70.6 Å². The highest BCUT2D eigenvalue weighted by Gasteiger charge is 2.26. The number of carbonyl (C=O) groups excluding carboxylic acids is 1. The van der Waals surface area contributed by atoms with E-state index in [-0.39, 0.29) is 31.1 Å². The van der Waals surface area contributed by atoms with E-state index < -0.39 is 6.17 Å². The number of anilines is 1. The SMILES string of the molecule is Cc1cnc(N[C@H]2CCOC[C@H]2F)cc1-c1c[nH]c(C(=O)N[C@H](CN)c2cccc(Cl)c2)c1. The van der Waals surface area contributed by atoms with E-state index in [0.29, 0.717) is 29.6 Å². The van der Waals surface area contributed by atoms with Crippen LogP contribution in [0.25, 0.3) is 11.1 Å². The number of nitrogens with two attached hydrogens (primary N) is 1. The number of hydrogen-bond acceptors (Lipinski definition) is 5. The van der Waals surface area contributed by atoms with Crippen LogP contribution in [0.2, 0.25) is 5.02 Å². The van der Waals surface area contributed by atoms with Gasteiger partial charge in [0.25, 0.3) is 5.91 Å². The van der Waals surface area contributed by atoms with Crippen LogP contribution in [-0.2, 0) is 4.74 Å². The zero-order chi connectivity index (χ0) is 23.4. The van der Waals surface area contributed by atoms with Gasteiger partial charge in [-0.1, -0.05) is 23.7 Å². The van der Waals surface area contributed by atoms with Crippen molar-refractivity contribution in [1.82, 2.24) is 15.3 Å². The largest absolute Gasteiger partial charge is 0.378 e. The molecule has 7 nitrogen and oxygen atoms in total. The number of amides is 1. The lowest BCUT2D eigenvalue weighted by Crippen LogP contribution is -2.39. The molecule has 0 spiro atoms. The summed E-state index contributed by atoms with van der Waals surface area (Å²) in [6, 6.07) is 10.2. The molecular formula is C24H27ClFN5O2. The molecule has 1 saturated heterocycles. The fourth-order valence-corrected chi connectivity index (χ4v) is 4.09. The Hall–Kier alpha value is -2.94. The van der Waals surface area contributed by atoms with Crippen LogP contribution in [-0.4, -0.2) is 47.8 Å². The quantitative estimate of drug-likeness (QED) is 0.416. The second-order valence-corrected chi connectivity index (χ2v) is 8.57. The number of benzene rings is 1. The summed E-state index contributed by atoms with van der Waals surface area (Å²) in [6.07, 6.45) is 3.00. The summed E-state index contributed by atoms with van der Waals surface area (Å²) in [5, 5.41) is 6.70. The van der Waals surface area contributed by atoms with Crippen molar-refractivity contribution in [3.63, 3.8) is 0 Å². The highest BCUT2D eigenvalue weighted by atomic mass is 35.5. The lowest BCUT2D eigenvalue weighted by molar-refractivity contribution is 0.0285. The highest BCUT2D eigenvalue weighted by Crippen LogP contribution is 2.27. The molecule has 1 aliphatic heterocycles. The molecule has 2 aromatic heterocycles. The Morgan fingerprint density at radius 2 is 2.24 bits per heavy atom. The predicted octanol–water partition coefficient (Wildman–Crippen LogP) is 4.01. The van der Waals surface area contributed by atoms with E-state index in [1.54, 1.807) is 30.6 Å². The van der Waals surface area contributed by atoms with E-state index in [2.05, 4.69) is 20.6 Å². The average molecular weight is 472 g/mol. The zero-order valence-electron chi connectivity index (χ0n) is 18.3. The molecule has 0 unspecified atom stereocenters. The summed E-state index contributed by atoms with van der Waals surface area (Å²) in [4.78, 5) is 20.3. The molecule has 3 heterocycles. The molecule has 1 amide bonds. The molecule has 3 aromatic rings. The number of hydrogen-bond donors (Lipinski definition) is 4. The van der Waals surface area contributed by atoms with Crippen LogP contribution in [0, 0.1) is 6.92 Å². The maximum atomic E-state index is 14.1. The van der Waals surface area contributed by atoms with Crippen molar-refractivity contribution in [2.75, 3.05) is 25.1 Å². The maximum absolute atomic E-state index is 14.1. The molecule has 5 N–H and O–H groups in total. The highest BCUT2D eigenvalue weighted by molar-refractivity contribution is 6.30. The summed E-state index contributed by atoms with van der Waals surface area (Å²) in [6.45, 7) is 2.78. The molecule has 4 rings (SSSR count). The van der Waals surface area contributed by atoms with Gasteiger partial charge >= 0.3 is 0 Å². The monoisotopic (exact) mass is 471 g/mol. The number of pyridine rings is 1. The number of aromatic amines is 1. The number of aromatic nitrogens is 2. The average Bonchev–Trinajstić information content (AvgIpc) is 3.30. The fraction of sp³-hybridized carbons (Fsp3) is 0.333. The first kappa shape index (κ1) is 23.2. The lowest BCUT2D eigenvalue weighted by Gasteiger charge is -2.27. The molecular weight excluding hydrogens is 445 g/mol. The standard InChI is InChI=1S/C24H27ClFN5O2/c1-14-11-29-23(30-20-5-6-33-13-19(20)26)9-18(14)16-8-21(28-12-16)24(32)31-22(10-27)15-3-2-4-17(25)7-15/h2-4,7-9,11-12,19-20,22,28H,5-6,10,13,27H2,1H3,(H,29,30)(H,31,32)/t19-,20+,22-/m1/s1. The molecule has 1 aromatic carbocycles. The van der Waals surface area contributed by atoms with Crippen molar-refractivity contribution >= 4 is 23.3 Å². The van der Waals surface area contributed by atoms with Gasteiger partial charge in [0.2, 0.25) is 0 Å². The van der Waals surface area contributed by atoms with Crippen molar-refractivity contribution in [2.24, 2.45) is 5.73 Å². The predicted molar refractivity (Wildman–Crippen MR) is 127 cm³/mol. The Labute approximate surface area is 196 Å². The van der Waals surface area contributed by atoms with Crippen molar-refractivity contribution < 1.29 is 13.9 Å². The van der Waals surface area contributed by atoms with Gasteiger partial charge in [0.15, 0.2) is 0 Å². The molecule has 1 aliphatic rings. The van der Waals surface area contributed by atoms with Gasteiger partial charge in [0.1, 0.15) is 17.7 Å². The molecule has 0 aliphatic carbocycles. The maximum Gasteiger partial charge on any atom is 0.268 e. The normalized spacial score (nSPS) is 19.2. The van der Waals surface area contributed by atoms with Gasteiger partial charge in [-0.3, -0.25) is 4.79 Å². The van der Waals surface area contributed by atoms with Crippen LogP contribution in [0.4, 0.5) is 10.2 Å². The Bertz CT molecular complexity index is 1120. The first-order valence-electron chi connectivity index (χ1n) is 10.8. The van der Waals surface area contributed by atoms with E-state index in [4.69, 9.17) is 22.1 Å². The van der Waals surface area contributed by atoms with Gasteiger partial charge in [-0.15, -0.1) is 0 Å². The molecule has 174 valence electrons. The molecule has 33 heavy (non-hydrogen) atoms. The number of nitrogens with one attached hydrogen (secondary N) is 3. The fourth-order valence-electron chi connectivity index (χ4n) is 3.89. The van der Waals surface area contributed by atoms with Gasteiger partial charge < -0.3 is 26.1 Å². The van der Waals surface area contributed by atoms with Gasteiger partial charge in [-0.05, 0) is 54.3 Å². The first-order chi connectivity index (χ1) is 15.9. The van der Waals surface area contributed by atoms with Gasteiger partial charge in [-0.2, -0.15) is 0 Å². The van der Waals surface area contributed by atoms with E-state index in [9.17, 15) is 9.18 Å². The van der Waals surface area contributed by atoms with Gasteiger partial charge in [-0.25, -0.2) is 9.37 Å². The third-order valence-electron chi connectivity index (χ3n) is 5.75. The van der Waals surface area contributed by atoms with Crippen molar-refractivity contribution in [2.45, 2.75) is 31.6 Å². The zero-order valence-corrected chi connectivity index (χ0v) is 19.0. The number of carbonyl (C=O) groups is 1. The van der Waals surface area contributed by atoms with Crippen LogP contribution in [0.15, 0.2) is 48.8 Å². The summed E-state index contributed by atoms with van der Waals surface area (Å²) in [5.74, 6) is 0.311. The van der Waals surface area contributed by atoms with E-state index in [1.807, 2.05) is 25.1 Å². The topological polar surface area (TPSA) is 105 Å². The minimum absolute atomic E-state index is 0.0889. The van der Waals surface area contributed by atoms with E-state index >= 15 is 0 Å². The van der Waals surface area contributed by atoms with Crippen LogP contribution in [0.1, 0.15) is 34.1 Å². The van der Waals surface area contributed by atoms with Crippen LogP contribution >= 0.6 is 11.6 Å². The third kappa shape index (κ3) is 5.52. The minimum Gasteiger partial charge on any atom is -0.378 e.